The maximum atomic E-state index is 12.6. The van der Waals surface area contributed by atoms with Crippen LogP contribution in [0.1, 0.15) is 90.2 Å². The molecule has 0 aliphatic heterocycles. The Hall–Kier alpha value is -5.34. The molecule has 290 valence electrons. The van der Waals surface area contributed by atoms with Crippen LogP contribution in [0.2, 0.25) is 0 Å². The van der Waals surface area contributed by atoms with Crippen molar-refractivity contribution in [3.8, 4) is 33.6 Å². The molecule has 0 bridgehead atoms. The van der Waals surface area contributed by atoms with E-state index in [1.54, 1.807) is 12.4 Å². The van der Waals surface area contributed by atoms with E-state index in [4.69, 9.17) is 16.2 Å². The van der Waals surface area contributed by atoms with Gasteiger partial charge in [-0.05, 0) is 65.3 Å². The summed E-state index contributed by atoms with van der Waals surface area (Å²) in [5.74, 6) is -0.342. The summed E-state index contributed by atoms with van der Waals surface area (Å²) in [6.07, 6.45) is 1.29. The number of nitrogens with one attached hydrogen (secondary N) is 4. The Kier molecular flexibility index (Phi) is 13.5. The Morgan fingerprint density at radius 1 is 0.574 bits per heavy atom. The highest BCUT2D eigenvalue weighted by Gasteiger charge is 2.32. The van der Waals surface area contributed by atoms with E-state index >= 15 is 0 Å². The number of nitrogens with zero attached hydrogens (tertiary/aromatic N) is 2. The SMILES string of the molecule is Cc1c(-c2ccc(-c3cnc([C@H](N[C@@H](C(=O)OC(N)=O)C(C)C)C(C)C)[nH]3)cc2)ccc(-c2cnc([C@H](N[C@@H](C(=O)OC(N)=O)C(C)C)C(C)C)[nH]2)c1C. The van der Waals surface area contributed by atoms with Crippen LogP contribution < -0.4 is 22.1 Å². The number of esters is 2. The summed E-state index contributed by atoms with van der Waals surface area (Å²) < 4.78 is 9.38. The molecule has 2 aromatic carbocycles. The number of imidazole rings is 2. The van der Waals surface area contributed by atoms with E-state index in [-0.39, 0.29) is 35.8 Å². The number of primary amides is 2. The summed E-state index contributed by atoms with van der Waals surface area (Å²) in [7, 11) is 0. The summed E-state index contributed by atoms with van der Waals surface area (Å²) >= 11 is 0. The van der Waals surface area contributed by atoms with Crippen molar-refractivity contribution in [3.63, 3.8) is 0 Å². The number of nitrogens with two attached hydrogens (primary N) is 2. The minimum Gasteiger partial charge on any atom is -0.375 e. The van der Waals surface area contributed by atoms with E-state index in [1.807, 2.05) is 67.5 Å². The van der Waals surface area contributed by atoms with Crippen molar-refractivity contribution in [3.05, 3.63) is 71.6 Å². The molecule has 54 heavy (non-hydrogen) atoms. The number of carbonyl (C=O) groups excluding carboxylic acids is 4. The molecule has 4 aromatic rings. The lowest BCUT2D eigenvalue weighted by Crippen LogP contribution is -2.46. The minimum atomic E-state index is -1.14. The van der Waals surface area contributed by atoms with Gasteiger partial charge in [-0.1, -0.05) is 91.8 Å². The monoisotopic (exact) mass is 742 g/mol. The third-order valence-electron chi connectivity index (χ3n) is 9.66. The van der Waals surface area contributed by atoms with Crippen LogP contribution in [0.3, 0.4) is 0 Å². The number of amides is 2. The summed E-state index contributed by atoms with van der Waals surface area (Å²) in [5, 5.41) is 6.64. The predicted molar refractivity (Wildman–Crippen MR) is 207 cm³/mol. The molecule has 2 aromatic heterocycles. The van der Waals surface area contributed by atoms with Crippen LogP contribution in [0, 0.1) is 37.5 Å². The highest BCUT2D eigenvalue weighted by atomic mass is 16.6. The standard InChI is InChI=1S/C40H54N8O6/c1-19(2)31(47-33(21(5)6)37(49)53-39(41)51)35-43-17-29(45-35)26-13-11-25(12-14-26)27-15-16-28(24(10)23(27)9)30-18-44-36(46-30)32(20(3)4)48-34(22(7)8)38(50)54-40(42)52/h11-22,31-34,47-48H,1-10H3,(H2,41,51)(H2,42,52)(H,43,45)(H,44,46)/t31-,32-,33-,34-/m1/s1. The van der Waals surface area contributed by atoms with Gasteiger partial charge in [-0.2, -0.15) is 0 Å². The van der Waals surface area contributed by atoms with Gasteiger partial charge in [0.2, 0.25) is 0 Å². The van der Waals surface area contributed by atoms with Gasteiger partial charge in [-0.25, -0.2) is 29.1 Å². The van der Waals surface area contributed by atoms with Gasteiger partial charge in [0.15, 0.2) is 0 Å². The predicted octanol–water partition coefficient (Wildman–Crippen LogP) is 6.62. The summed E-state index contributed by atoms with van der Waals surface area (Å²) in [6.45, 7) is 19.7. The van der Waals surface area contributed by atoms with Crippen molar-refractivity contribution in [1.29, 1.82) is 0 Å². The fourth-order valence-electron chi connectivity index (χ4n) is 6.48. The van der Waals surface area contributed by atoms with Crippen molar-refractivity contribution in [2.45, 2.75) is 93.4 Å². The zero-order valence-electron chi connectivity index (χ0n) is 32.7. The van der Waals surface area contributed by atoms with Crippen LogP contribution in [0.15, 0.2) is 48.8 Å². The Morgan fingerprint density at radius 3 is 1.39 bits per heavy atom. The lowest BCUT2D eigenvalue weighted by atomic mass is 9.92. The average molecular weight is 743 g/mol. The van der Waals surface area contributed by atoms with Gasteiger partial charge in [0.05, 0.1) is 35.9 Å². The molecule has 0 fully saturated rings. The van der Waals surface area contributed by atoms with E-state index in [1.165, 1.54) is 0 Å². The first-order valence-electron chi connectivity index (χ1n) is 18.2. The normalized spacial score (nSPS) is 14.0. The topological polar surface area (TPSA) is 220 Å². The first-order valence-corrected chi connectivity index (χ1v) is 18.2. The second-order valence-corrected chi connectivity index (χ2v) is 15.1. The number of H-pyrrole nitrogens is 2. The second kappa shape index (κ2) is 17.7. The van der Waals surface area contributed by atoms with Crippen LogP contribution in [0.4, 0.5) is 9.59 Å². The third-order valence-corrected chi connectivity index (χ3v) is 9.66. The maximum Gasteiger partial charge on any atom is 0.412 e. The number of benzene rings is 2. The van der Waals surface area contributed by atoms with Crippen molar-refractivity contribution < 1.29 is 28.7 Å². The molecule has 2 amide bonds. The Labute approximate surface area is 316 Å². The Balaban J connectivity index is 1.54. The highest BCUT2D eigenvalue weighted by Crippen LogP contribution is 2.34. The van der Waals surface area contributed by atoms with Crippen LogP contribution in [-0.2, 0) is 19.1 Å². The maximum absolute atomic E-state index is 12.6. The number of aromatic amines is 2. The quantitative estimate of drug-likeness (QED) is 0.0565. The number of hydrogen-bond donors (Lipinski definition) is 6. The molecule has 4 atom stereocenters. The van der Waals surface area contributed by atoms with Gasteiger partial charge in [-0.3, -0.25) is 10.6 Å². The van der Waals surface area contributed by atoms with Crippen LogP contribution >= 0.6 is 0 Å². The fourth-order valence-corrected chi connectivity index (χ4v) is 6.48. The molecule has 14 heteroatoms. The van der Waals surface area contributed by atoms with Crippen molar-refractivity contribution in [1.82, 2.24) is 30.6 Å². The molecule has 0 saturated carbocycles. The van der Waals surface area contributed by atoms with E-state index in [0.29, 0.717) is 11.6 Å². The zero-order valence-corrected chi connectivity index (χ0v) is 32.7. The van der Waals surface area contributed by atoms with Crippen LogP contribution in [0.5, 0.6) is 0 Å². The highest BCUT2D eigenvalue weighted by molar-refractivity contribution is 5.88. The van der Waals surface area contributed by atoms with Gasteiger partial charge in [0.1, 0.15) is 23.7 Å². The van der Waals surface area contributed by atoms with Gasteiger partial charge in [0.25, 0.3) is 0 Å². The molecule has 0 spiro atoms. The number of hydrogen-bond acceptors (Lipinski definition) is 10. The molecule has 14 nitrogen and oxygen atoms in total. The van der Waals surface area contributed by atoms with E-state index in [0.717, 1.165) is 44.8 Å². The second-order valence-electron chi connectivity index (χ2n) is 15.1. The summed E-state index contributed by atoms with van der Waals surface area (Å²) in [5.41, 5.74) is 18.2. The first kappa shape index (κ1) is 41.4. The molecule has 0 radical (unpaired) electrons. The fraction of sp³-hybridized carbons (Fsp3) is 0.450. The Morgan fingerprint density at radius 2 is 0.963 bits per heavy atom. The van der Waals surface area contributed by atoms with Crippen molar-refractivity contribution in [2.75, 3.05) is 0 Å². The van der Waals surface area contributed by atoms with Gasteiger partial charge in [0, 0.05) is 5.56 Å². The minimum absolute atomic E-state index is 0.0546. The lowest BCUT2D eigenvalue weighted by Gasteiger charge is -2.27. The van der Waals surface area contributed by atoms with Crippen molar-refractivity contribution in [2.24, 2.45) is 35.1 Å². The smallest absolute Gasteiger partial charge is 0.375 e. The molecule has 0 aliphatic carbocycles. The molecule has 8 N–H and O–H groups in total. The summed E-state index contributed by atoms with van der Waals surface area (Å²) in [6, 6.07) is 10.2. The first-order chi connectivity index (χ1) is 25.4. The van der Waals surface area contributed by atoms with Gasteiger partial charge < -0.3 is 30.9 Å². The summed E-state index contributed by atoms with van der Waals surface area (Å²) in [4.78, 5) is 63.9. The number of rotatable bonds is 15. The molecule has 0 saturated heterocycles. The lowest BCUT2D eigenvalue weighted by molar-refractivity contribution is -0.142. The van der Waals surface area contributed by atoms with E-state index in [9.17, 15) is 19.2 Å². The molecule has 0 unspecified atom stereocenters. The largest absolute Gasteiger partial charge is 0.412 e. The van der Waals surface area contributed by atoms with Gasteiger partial charge in [-0.15, -0.1) is 0 Å². The average Bonchev–Trinajstić information content (AvgIpc) is 3.76. The molecule has 4 rings (SSSR count). The zero-order chi connectivity index (χ0) is 40.0. The molecule has 0 aliphatic rings. The number of aromatic nitrogens is 4. The molecular formula is C40H54N8O6. The number of ether oxygens (including phenoxy) is 2. The van der Waals surface area contributed by atoms with Crippen LogP contribution in [-0.4, -0.2) is 56.1 Å². The van der Waals surface area contributed by atoms with E-state index in [2.05, 4.69) is 73.4 Å². The molecule has 2 heterocycles. The number of carbonyl (C=O) groups is 4. The van der Waals surface area contributed by atoms with Crippen LogP contribution in [0.25, 0.3) is 33.6 Å². The van der Waals surface area contributed by atoms with E-state index < -0.39 is 36.2 Å². The Bertz CT molecular complexity index is 1950. The van der Waals surface area contributed by atoms with Gasteiger partial charge >= 0.3 is 24.1 Å². The third kappa shape index (κ3) is 9.79. The van der Waals surface area contributed by atoms with Crippen molar-refractivity contribution >= 4 is 24.1 Å². The molecular weight excluding hydrogens is 688 g/mol.